The highest BCUT2D eigenvalue weighted by Gasteiger charge is 2.10. The summed E-state index contributed by atoms with van der Waals surface area (Å²) in [5.74, 6) is -0.0531. The molecule has 17 heavy (non-hydrogen) atoms. The molecule has 0 fully saturated rings. The molecule has 0 spiro atoms. The second kappa shape index (κ2) is 4.55. The first-order valence-electron chi connectivity index (χ1n) is 4.91. The molecule has 0 saturated heterocycles. The summed E-state index contributed by atoms with van der Waals surface area (Å²) in [6, 6.07) is 4.48. The Morgan fingerprint density at radius 3 is 2.65 bits per heavy atom. The van der Waals surface area contributed by atoms with Crippen LogP contribution in [-0.4, -0.2) is 9.78 Å². The van der Waals surface area contributed by atoms with Crippen molar-refractivity contribution in [2.24, 2.45) is 0 Å². The molecular weight excluding hydrogens is 264 g/mol. The molecule has 2 N–H and O–H groups in total. The number of aryl methyl sites for hydroxylation is 1. The molecule has 0 radical (unpaired) electrons. The normalized spacial score (nSPS) is 10.8. The predicted molar refractivity (Wildman–Crippen MR) is 66.9 cm³/mol. The van der Waals surface area contributed by atoms with Crippen LogP contribution in [0.5, 0.6) is 0 Å². The molecule has 0 aliphatic heterocycles. The van der Waals surface area contributed by atoms with Crippen molar-refractivity contribution in [3.63, 3.8) is 0 Å². The molecule has 0 aliphatic carbocycles. The lowest BCUT2D eigenvalue weighted by Gasteiger charge is -2.05. The fourth-order valence-electron chi connectivity index (χ4n) is 1.51. The summed E-state index contributed by atoms with van der Waals surface area (Å²) in [6.45, 7) is 2.17. The summed E-state index contributed by atoms with van der Waals surface area (Å²) in [7, 11) is 0. The standard InChI is InChI=1S/C11H10Cl2FN3/c1-6-10(13)11(15)17(16-6)5-7-2-3-9(14)8(12)4-7/h2-4H,5,15H2,1H3. The summed E-state index contributed by atoms with van der Waals surface area (Å²) >= 11 is 11.6. The number of rotatable bonds is 2. The largest absolute Gasteiger partial charge is 0.383 e. The third kappa shape index (κ3) is 2.37. The molecule has 0 bridgehead atoms. The lowest BCUT2D eigenvalue weighted by molar-refractivity contribution is 0.625. The third-order valence-electron chi connectivity index (χ3n) is 2.41. The molecule has 90 valence electrons. The van der Waals surface area contributed by atoms with Gasteiger partial charge in [0.2, 0.25) is 0 Å². The molecule has 3 nitrogen and oxygen atoms in total. The zero-order chi connectivity index (χ0) is 12.6. The van der Waals surface area contributed by atoms with Gasteiger partial charge in [0.25, 0.3) is 0 Å². The van der Waals surface area contributed by atoms with Crippen molar-refractivity contribution in [3.05, 3.63) is 45.3 Å². The summed E-state index contributed by atoms with van der Waals surface area (Å²) in [6.07, 6.45) is 0. The quantitative estimate of drug-likeness (QED) is 0.913. The number of nitrogens with two attached hydrogens (primary N) is 1. The first kappa shape index (κ1) is 12.2. The number of hydrogen-bond acceptors (Lipinski definition) is 2. The third-order valence-corrected chi connectivity index (χ3v) is 3.16. The topological polar surface area (TPSA) is 43.8 Å². The van der Waals surface area contributed by atoms with Gasteiger partial charge in [0.05, 0.1) is 17.3 Å². The van der Waals surface area contributed by atoms with Gasteiger partial charge in [-0.1, -0.05) is 29.3 Å². The summed E-state index contributed by atoms with van der Waals surface area (Å²) in [4.78, 5) is 0. The van der Waals surface area contributed by atoms with E-state index >= 15 is 0 Å². The average molecular weight is 274 g/mol. The van der Waals surface area contributed by atoms with Gasteiger partial charge in [-0.2, -0.15) is 5.10 Å². The van der Waals surface area contributed by atoms with Crippen LogP contribution < -0.4 is 5.73 Å². The van der Waals surface area contributed by atoms with Crippen molar-refractivity contribution in [1.29, 1.82) is 0 Å². The molecule has 1 heterocycles. The minimum atomic E-state index is -0.446. The van der Waals surface area contributed by atoms with Gasteiger partial charge in [-0.25, -0.2) is 9.07 Å². The van der Waals surface area contributed by atoms with Crippen molar-refractivity contribution in [1.82, 2.24) is 9.78 Å². The molecule has 0 atom stereocenters. The van der Waals surface area contributed by atoms with Gasteiger partial charge < -0.3 is 5.73 Å². The maximum atomic E-state index is 13.0. The minimum absolute atomic E-state index is 0.0797. The van der Waals surface area contributed by atoms with Crippen LogP contribution in [0, 0.1) is 12.7 Å². The summed E-state index contributed by atoms with van der Waals surface area (Å²) in [5, 5.41) is 4.70. The highest BCUT2D eigenvalue weighted by atomic mass is 35.5. The Balaban J connectivity index is 2.31. The van der Waals surface area contributed by atoms with Crippen LogP contribution in [0.15, 0.2) is 18.2 Å². The van der Waals surface area contributed by atoms with E-state index < -0.39 is 5.82 Å². The molecule has 6 heteroatoms. The lowest BCUT2D eigenvalue weighted by Crippen LogP contribution is -2.06. The average Bonchev–Trinajstić information content (AvgIpc) is 2.52. The van der Waals surface area contributed by atoms with E-state index in [2.05, 4.69) is 5.10 Å². The molecule has 0 saturated carbocycles. The molecule has 0 amide bonds. The second-order valence-corrected chi connectivity index (χ2v) is 4.48. The molecule has 0 unspecified atom stereocenters. The van der Waals surface area contributed by atoms with Gasteiger partial charge in [-0.3, -0.25) is 0 Å². The number of aromatic nitrogens is 2. The van der Waals surface area contributed by atoms with Crippen LogP contribution in [0.25, 0.3) is 0 Å². The van der Waals surface area contributed by atoms with Gasteiger partial charge in [-0.05, 0) is 24.6 Å². The first-order valence-corrected chi connectivity index (χ1v) is 5.67. The van der Waals surface area contributed by atoms with Gasteiger partial charge in [0, 0.05) is 0 Å². The molecule has 2 aromatic rings. The van der Waals surface area contributed by atoms with Crippen LogP contribution in [0.4, 0.5) is 10.2 Å². The van der Waals surface area contributed by atoms with Crippen LogP contribution in [0.3, 0.4) is 0 Å². The van der Waals surface area contributed by atoms with Crippen LogP contribution in [0.1, 0.15) is 11.3 Å². The van der Waals surface area contributed by atoms with Gasteiger partial charge in [0.1, 0.15) is 16.7 Å². The van der Waals surface area contributed by atoms with E-state index in [0.717, 1.165) is 5.56 Å². The molecule has 0 aliphatic rings. The maximum Gasteiger partial charge on any atom is 0.141 e. The van der Waals surface area contributed by atoms with E-state index in [4.69, 9.17) is 28.9 Å². The van der Waals surface area contributed by atoms with Gasteiger partial charge >= 0.3 is 0 Å². The highest BCUT2D eigenvalue weighted by molar-refractivity contribution is 6.33. The number of nitrogen functional groups attached to an aromatic ring is 1. The Labute approximate surface area is 108 Å². The Morgan fingerprint density at radius 1 is 1.41 bits per heavy atom. The lowest BCUT2D eigenvalue weighted by atomic mass is 10.2. The second-order valence-electron chi connectivity index (χ2n) is 3.69. The number of hydrogen-bond donors (Lipinski definition) is 1. The van der Waals surface area contributed by atoms with E-state index in [1.165, 1.54) is 6.07 Å². The van der Waals surface area contributed by atoms with Crippen LogP contribution in [-0.2, 0) is 6.54 Å². The fourth-order valence-corrected chi connectivity index (χ4v) is 1.85. The van der Waals surface area contributed by atoms with E-state index in [1.807, 2.05) is 0 Å². The number of halogens is 3. The van der Waals surface area contributed by atoms with E-state index in [0.29, 0.717) is 23.1 Å². The van der Waals surface area contributed by atoms with Gasteiger partial charge in [0.15, 0.2) is 0 Å². The summed E-state index contributed by atoms with van der Waals surface area (Å²) in [5.41, 5.74) is 7.25. The number of anilines is 1. The number of nitrogens with zero attached hydrogens (tertiary/aromatic N) is 2. The van der Waals surface area contributed by atoms with E-state index in [1.54, 1.807) is 23.7 Å². The molecule has 1 aromatic heterocycles. The maximum absolute atomic E-state index is 13.0. The zero-order valence-electron chi connectivity index (χ0n) is 9.04. The van der Waals surface area contributed by atoms with Gasteiger partial charge in [-0.15, -0.1) is 0 Å². The van der Waals surface area contributed by atoms with Crippen molar-refractivity contribution < 1.29 is 4.39 Å². The predicted octanol–water partition coefficient (Wildman–Crippen LogP) is 3.27. The van der Waals surface area contributed by atoms with E-state index in [-0.39, 0.29) is 5.02 Å². The van der Waals surface area contributed by atoms with E-state index in [9.17, 15) is 4.39 Å². The zero-order valence-corrected chi connectivity index (χ0v) is 10.6. The molecule has 1 aromatic carbocycles. The van der Waals surface area contributed by atoms with Crippen molar-refractivity contribution in [3.8, 4) is 0 Å². The van der Waals surface area contributed by atoms with Crippen molar-refractivity contribution >= 4 is 29.0 Å². The number of benzene rings is 1. The Hall–Kier alpha value is -1.26. The Morgan fingerprint density at radius 2 is 2.12 bits per heavy atom. The van der Waals surface area contributed by atoms with Crippen molar-refractivity contribution in [2.45, 2.75) is 13.5 Å². The van der Waals surface area contributed by atoms with Crippen LogP contribution in [0.2, 0.25) is 10.0 Å². The SMILES string of the molecule is Cc1nn(Cc2ccc(F)c(Cl)c2)c(N)c1Cl. The summed E-state index contributed by atoms with van der Waals surface area (Å²) < 4.78 is 14.5. The Bertz CT molecular complexity index is 566. The monoisotopic (exact) mass is 273 g/mol. The van der Waals surface area contributed by atoms with Crippen molar-refractivity contribution in [2.75, 3.05) is 5.73 Å². The first-order chi connectivity index (χ1) is 7.99. The molecular formula is C11H10Cl2FN3. The molecule has 2 rings (SSSR count). The smallest absolute Gasteiger partial charge is 0.141 e. The fraction of sp³-hybridized carbons (Fsp3) is 0.182. The Kier molecular flexibility index (Phi) is 3.26. The van der Waals surface area contributed by atoms with Crippen LogP contribution >= 0.6 is 23.2 Å². The minimum Gasteiger partial charge on any atom is -0.383 e. The highest BCUT2D eigenvalue weighted by Crippen LogP contribution is 2.23.